The molecule has 0 saturated carbocycles. The maximum atomic E-state index is 12.4. The molecular formula is C30H30N6O6. The van der Waals surface area contributed by atoms with E-state index in [1.54, 1.807) is 19.1 Å². The molecular weight excluding hydrogens is 540 g/mol. The number of anilines is 2. The molecule has 0 aliphatic heterocycles. The topological polar surface area (TPSA) is 160 Å². The number of esters is 1. The number of nitro benzene ring substituents is 1. The average molecular weight is 571 g/mol. The van der Waals surface area contributed by atoms with Gasteiger partial charge in [-0.3, -0.25) is 19.7 Å². The Bertz CT molecular complexity index is 1550. The highest BCUT2D eigenvalue weighted by Gasteiger charge is 2.20. The highest BCUT2D eigenvalue weighted by atomic mass is 16.6. The summed E-state index contributed by atoms with van der Waals surface area (Å²) in [5.41, 5.74) is 2.61. The zero-order chi connectivity index (χ0) is 30.6. The van der Waals surface area contributed by atoms with Crippen molar-refractivity contribution in [3.63, 3.8) is 0 Å². The van der Waals surface area contributed by atoms with Crippen LogP contribution >= 0.6 is 0 Å². The maximum Gasteiger partial charge on any atom is 0.307 e. The van der Waals surface area contributed by atoms with Gasteiger partial charge in [-0.05, 0) is 30.2 Å². The second kappa shape index (κ2) is 14.7. The quantitative estimate of drug-likeness (QED) is 0.0816. The van der Waals surface area contributed by atoms with Crippen molar-refractivity contribution < 1.29 is 24.0 Å². The molecule has 42 heavy (non-hydrogen) atoms. The number of hydrogen-bond donors (Lipinski definition) is 1. The predicted octanol–water partition coefficient (Wildman–Crippen LogP) is 6.36. The molecule has 3 aromatic carbocycles. The van der Waals surface area contributed by atoms with Gasteiger partial charge in [0, 0.05) is 38.2 Å². The van der Waals surface area contributed by atoms with Crippen molar-refractivity contribution in [1.29, 1.82) is 5.26 Å². The molecule has 0 heterocycles. The second-order valence-electron chi connectivity index (χ2n) is 9.27. The van der Waals surface area contributed by atoms with E-state index in [1.807, 2.05) is 41.3 Å². The molecule has 0 unspecified atom stereocenters. The van der Waals surface area contributed by atoms with E-state index in [-0.39, 0.29) is 54.1 Å². The number of benzene rings is 3. The van der Waals surface area contributed by atoms with Crippen LogP contribution in [0.4, 0.5) is 28.4 Å². The van der Waals surface area contributed by atoms with Crippen molar-refractivity contribution in [3.05, 3.63) is 94.1 Å². The van der Waals surface area contributed by atoms with Crippen LogP contribution in [-0.2, 0) is 20.9 Å². The molecule has 0 spiro atoms. The minimum atomic E-state index is -0.610. The van der Waals surface area contributed by atoms with Crippen molar-refractivity contribution in [2.75, 3.05) is 30.5 Å². The Morgan fingerprint density at radius 1 is 1.10 bits per heavy atom. The summed E-state index contributed by atoms with van der Waals surface area (Å²) in [6.45, 7) is 7.68. The fourth-order valence-electron chi connectivity index (χ4n) is 3.85. The Kier molecular flexibility index (Phi) is 10.8. The fourth-order valence-corrected chi connectivity index (χ4v) is 3.85. The minimum absolute atomic E-state index is 0.0369. The molecule has 216 valence electrons. The molecule has 12 nitrogen and oxygen atoms in total. The van der Waals surface area contributed by atoms with Crippen molar-refractivity contribution in [2.45, 2.75) is 26.8 Å². The van der Waals surface area contributed by atoms with Gasteiger partial charge in [0.1, 0.15) is 29.8 Å². The highest BCUT2D eigenvalue weighted by molar-refractivity contribution is 5.94. The monoisotopic (exact) mass is 570 g/mol. The molecule has 0 radical (unpaired) electrons. The third-order valence-corrected chi connectivity index (χ3v) is 5.81. The number of azo groups is 1. The maximum absolute atomic E-state index is 12.4. The van der Waals surface area contributed by atoms with Crippen LogP contribution in [0.25, 0.3) is 0 Å². The number of nitro groups is 1. The van der Waals surface area contributed by atoms with Crippen molar-refractivity contribution in [1.82, 2.24) is 0 Å². The zero-order valence-corrected chi connectivity index (χ0v) is 23.5. The summed E-state index contributed by atoms with van der Waals surface area (Å²) in [6, 6.07) is 18.4. The molecule has 12 heteroatoms. The minimum Gasteiger partial charge on any atom is -0.494 e. The first-order valence-electron chi connectivity index (χ1n) is 12.8. The van der Waals surface area contributed by atoms with Crippen LogP contribution in [-0.4, -0.2) is 37.1 Å². The lowest BCUT2D eigenvalue weighted by Crippen LogP contribution is -2.27. The standard InChI is InChI=1S/C30H30N6O6/c1-20(2)19-42-30(38)12-13-35(18-22-8-6-5-7-9-22)28-15-26(32-21(3)37)27(16-29(28)41-4)34-33-25-11-10-24(36(39)40)14-23(25)17-31/h5-11,14-16H,1,12-13,18-19H2,2-4H3,(H,32,37). The van der Waals surface area contributed by atoms with E-state index in [4.69, 9.17) is 9.47 Å². The summed E-state index contributed by atoms with van der Waals surface area (Å²) in [7, 11) is 1.48. The number of carbonyl (C=O) groups is 2. The lowest BCUT2D eigenvalue weighted by Gasteiger charge is -2.27. The number of non-ortho nitro benzene ring substituents is 1. The fraction of sp³-hybridized carbons (Fsp3) is 0.233. The third kappa shape index (κ3) is 8.72. The summed E-state index contributed by atoms with van der Waals surface area (Å²) in [6.07, 6.45) is 0.0806. The highest BCUT2D eigenvalue weighted by Crippen LogP contribution is 2.40. The van der Waals surface area contributed by atoms with Gasteiger partial charge in [-0.2, -0.15) is 5.26 Å². The van der Waals surface area contributed by atoms with Crippen molar-refractivity contribution in [2.24, 2.45) is 10.2 Å². The summed E-state index contributed by atoms with van der Waals surface area (Å²) < 4.78 is 10.9. The van der Waals surface area contributed by atoms with Gasteiger partial charge in [0.25, 0.3) is 5.69 Å². The summed E-state index contributed by atoms with van der Waals surface area (Å²) in [5.74, 6) is -0.374. The normalized spacial score (nSPS) is 10.5. The Hall–Kier alpha value is -5.57. The van der Waals surface area contributed by atoms with Crippen LogP contribution in [0.1, 0.15) is 31.4 Å². The van der Waals surface area contributed by atoms with Crippen LogP contribution in [0, 0.1) is 21.4 Å². The molecule has 0 saturated heterocycles. The van der Waals surface area contributed by atoms with Crippen LogP contribution in [0.3, 0.4) is 0 Å². The summed E-state index contributed by atoms with van der Waals surface area (Å²) in [4.78, 5) is 36.9. The predicted molar refractivity (Wildman–Crippen MR) is 157 cm³/mol. The first kappa shape index (κ1) is 31.0. The van der Waals surface area contributed by atoms with Gasteiger partial charge in [0.05, 0.1) is 35.4 Å². The van der Waals surface area contributed by atoms with Crippen molar-refractivity contribution >= 4 is 40.3 Å². The van der Waals surface area contributed by atoms with Crippen LogP contribution in [0.5, 0.6) is 5.75 Å². The second-order valence-corrected chi connectivity index (χ2v) is 9.27. The number of ether oxygens (including phenoxy) is 2. The van der Waals surface area contributed by atoms with E-state index in [2.05, 4.69) is 22.1 Å². The lowest BCUT2D eigenvalue weighted by atomic mass is 10.1. The molecule has 1 N–H and O–H groups in total. The number of nitriles is 1. The van der Waals surface area contributed by atoms with Crippen LogP contribution < -0.4 is 15.0 Å². The smallest absolute Gasteiger partial charge is 0.307 e. The lowest BCUT2D eigenvalue weighted by molar-refractivity contribution is -0.384. The molecule has 0 bridgehead atoms. The number of nitrogens with zero attached hydrogens (tertiary/aromatic N) is 5. The molecule has 1 amide bonds. The molecule has 0 aromatic heterocycles. The molecule has 3 aromatic rings. The van der Waals surface area contributed by atoms with E-state index < -0.39 is 4.92 Å². The number of carbonyl (C=O) groups excluding carboxylic acids is 2. The number of hydrogen-bond acceptors (Lipinski definition) is 10. The molecule has 0 aliphatic carbocycles. The Morgan fingerprint density at radius 2 is 1.81 bits per heavy atom. The van der Waals surface area contributed by atoms with Gasteiger partial charge in [-0.1, -0.05) is 36.9 Å². The first-order valence-corrected chi connectivity index (χ1v) is 12.8. The number of methoxy groups -OCH3 is 1. The molecule has 0 fully saturated rings. The van der Waals surface area contributed by atoms with E-state index in [0.717, 1.165) is 17.2 Å². The zero-order valence-electron chi connectivity index (χ0n) is 23.5. The van der Waals surface area contributed by atoms with E-state index in [1.165, 1.54) is 26.2 Å². The van der Waals surface area contributed by atoms with Gasteiger partial charge in [0.2, 0.25) is 5.91 Å². The van der Waals surface area contributed by atoms with Gasteiger partial charge in [0.15, 0.2) is 0 Å². The van der Waals surface area contributed by atoms with Crippen LogP contribution in [0.15, 0.2) is 83.0 Å². The average Bonchev–Trinajstić information content (AvgIpc) is 2.97. The number of rotatable bonds is 13. The van der Waals surface area contributed by atoms with Gasteiger partial charge in [-0.25, -0.2) is 0 Å². The van der Waals surface area contributed by atoms with Gasteiger partial charge in [-0.15, -0.1) is 10.2 Å². The molecule has 0 aliphatic rings. The largest absolute Gasteiger partial charge is 0.494 e. The third-order valence-electron chi connectivity index (χ3n) is 5.81. The van der Waals surface area contributed by atoms with Gasteiger partial charge < -0.3 is 19.7 Å². The first-order chi connectivity index (χ1) is 20.1. The molecule has 3 rings (SSSR count). The number of amides is 1. The van der Waals surface area contributed by atoms with E-state index in [9.17, 15) is 25.0 Å². The Morgan fingerprint density at radius 3 is 2.43 bits per heavy atom. The summed E-state index contributed by atoms with van der Waals surface area (Å²) in [5, 5.41) is 31.6. The van der Waals surface area contributed by atoms with E-state index in [0.29, 0.717) is 23.7 Å². The SMILES string of the molecule is C=C(C)COC(=O)CCN(Cc1ccccc1)c1cc(NC(C)=O)c(N=Nc2ccc([N+](=O)[O-])cc2C#N)cc1OC. The Balaban J connectivity index is 2.04. The van der Waals surface area contributed by atoms with Crippen molar-refractivity contribution in [3.8, 4) is 11.8 Å². The Labute approximate surface area is 243 Å². The van der Waals surface area contributed by atoms with Crippen LogP contribution in [0.2, 0.25) is 0 Å². The molecule has 0 atom stereocenters. The number of nitrogens with one attached hydrogen (secondary N) is 1. The van der Waals surface area contributed by atoms with Gasteiger partial charge >= 0.3 is 5.97 Å². The summed E-state index contributed by atoms with van der Waals surface area (Å²) >= 11 is 0. The van der Waals surface area contributed by atoms with E-state index >= 15 is 0 Å².